The van der Waals surface area contributed by atoms with E-state index >= 15 is 0 Å². The number of hydrogen-bond donors (Lipinski definition) is 2. The number of carbonyl (C=O) groups excluding carboxylic acids is 2. The Kier molecular flexibility index (Phi) is 6.16. The molecule has 2 saturated heterocycles. The van der Waals surface area contributed by atoms with Gasteiger partial charge in [-0.1, -0.05) is 6.07 Å². The number of rotatable bonds is 6. The molecule has 4 heterocycles. The lowest BCUT2D eigenvalue weighted by atomic mass is 10.0. The monoisotopic (exact) mass is 464 g/mol. The average Bonchev–Trinajstić information content (AvgIpc) is 3.52. The van der Waals surface area contributed by atoms with Crippen LogP contribution in [0.2, 0.25) is 0 Å². The van der Waals surface area contributed by atoms with E-state index in [9.17, 15) is 9.59 Å². The summed E-state index contributed by atoms with van der Waals surface area (Å²) >= 11 is 0. The molecule has 0 radical (unpaired) electrons. The van der Waals surface area contributed by atoms with Crippen molar-refractivity contribution in [2.75, 3.05) is 44.3 Å². The number of benzene rings is 1. The minimum Gasteiger partial charge on any atom is -0.355 e. The zero-order valence-electron chi connectivity index (χ0n) is 19.1. The molecule has 0 unspecified atom stereocenters. The van der Waals surface area contributed by atoms with E-state index in [1.54, 1.807) is 0 Å². The summed E-state index contributed by atoms with van der Waals surface area (Å²) < 4.78 is 11.6. The van der Waals surface area contributed by atoms with Crippen LogP contribution in [-0.2, 0) is 14.3 Å². The number of anilines is 2. The Morgan fingerprint density at radius 3 is 2.74 bits per heavy atom. The Morgan fingerprint density at radius 1 is 1.18 bits per heavy atom. The van der Waals surface area contributed by atoms with E-state index in [0.717, 1.165) is 16.7 Å². The van der Waals surface area contributed by atoms with E-state index in [4.69, 9.17) is 9.47 Å². The predicted octanol–water partition coefficient (Wildman–Crippen LogP) is 2.21. The minimum absolute atomic E-state index is 0.0222. The van der Waals surface area contributed by atoms with Gasteiger partial charge < -0.3 is 29.6 Å². The van der Waals surface area contributed by atoms with Crippen molar-refractivity contribution < 1.29 is 19.1 Å². The van der Waals surface area contributed by atoms with E-state index in [1.165, 1.54) is 13.3 Å². The maximum Gasteiger partial charge on any atom is 0.253 e. The highest BCUT2D eigenvalue weighted by atomic mass is 16.7. The number of piperidine rings is 1. The zero-order valence-corrected chi connectivity index (χ0v) is 19.1. The van der Waals surface area contributed by atoms with Crippen LogP contribution in [0.5, 0.6) is 0 Å². The van der Waals surface area contributed by atoms with Crippen molar-refractivity contribution in [1.29, 1.82) is 0 Å². The van der Waals surface area contributed by atoms with Gasteiger partial charge in [-0.3, -0.25) is 9.59 Å². The lowest BCUT2D eigenvalue weighted by molar-refractivity contribution is -0.181. The molecule has 0 saturated carbocycles. The number of carbonyl (C=O) groups is 2. The van der Waals surface area contributed by atoms with Crippen LogP contribution in [-0.4, -0.2) is 76.8 Å². The van der Waals surface area contributed by atoms with Crippen LogP contribution in [0.4, 0.5) is 11.5 Å². The molecule has 10 nitrogen and oxygen atoms in total. The molecular weight excluding hydrogens is 436 g/mol. The molecule has 1 aromatic carbocycles. The van der Waals surface area contributed by atoms with Crippen LogP contribution < -0.4 is 10.2 Å². The second-order valence-corrected chi connectivity index (χ2v) is 8.52. The van der Waals surface area contributed by atoms with Crippen LogP contribution in [0.3, 0.4) is 0 Å². The number of H-pyrrole nitrogens is 1. The number of aromatic nitrogens is 3. The molecule has 1 spiro atoms. The van der Waals surface area contributed by atoms with Crippen LogP contribution in [0.1, 0.15) is 30.1 Å². The molecule has 2 aliphatic heterocycles. The molecule has 2 aliphatic rings. The van der Waals surface area contributed by atoms with Gasteiger partial charge in [0, 0.05) is 63.4 Å². The number of nitrogens with zero attached hydrogens (tertiary/aromatic N) is 4. The lowest BCUT2D eigenvalue weighted by Crippen LogP contribution is -2.47. The number of fused-ring (bicyclic) bond motifs is 1. The summed E-state index contributed by atoms with van der Waals surface area (Å²) in [4.78, 5) is 40.5. The Morgan fingerprint density at radius 2 is 1.97 bits per heavy atom. The molecule has 0 atom stereocenters. The van der Waals surface area contributed by atoms with Gasteiger partial charge in [0.25, 0.3) is 5.91 Å². The normalized spacial score (nSPS) is 17.3. The third-order valence-corrected chi connectivity index (χ3v) is 6.33. The molecular formula is C24H28N6O4. The van der Waals surface area contributed by atoms with Gasteiger partial charge in [0.1, 0.15) is 17.8 Å². The van der Waals surface area contributed by atoms with E-state index in [2.05, 4.69) is 20.3 Å². The average molecular weight is 465 g/mol. The number of nitrogens with one attached hydrogen (secondary N) is 2. The molecule has 178 valence electrons. The van der Waals surface area contributed by atoms with Gasteiger partial charge in [-0.15, -0.1) is 0 Å². The minimum atomic E-state index is -0.520. The quantitative estimate of drug-likeness (QED) is 0.575. The smallest absolute Gasteiger partial charge is 0.253 e. The van der Waals surface area contributed by atoms with Gasteiger partial charge >= 0.3 is 0 Å². The fourth-order valence-electron chi connectivity index (χ4n) is 4.60. The Labute approximate surface area is 197 Å². The van der Waals surface area contributed by atoms with Crippen molar-refractivity contribution in [3.63, 3.8) is 0 Å². The largest absolute Gasteiger partial charge is 0.355 e. The molecule has 2 N–H and O–H groups in total. The van der Waals surface area contributed by atoms with Gasteiger partial charge in [0.15, 0.2) is 5.79 Å². The predicted molar refractivity (Wildman–Crippen MR) is 126 cm³/mol. The van der Waals surface area contributed by atoms with Crippen molar-refractivity contribution in [3.8, 4) is 0 Å². The fraction of sp³-hybridized carbons (Fsp3) is 0.417. The van der Waals surface area contributed by atoms with Gasteiger partial charge in [0.05, 0.1) is 18.6 Å². The summed E-state index contributed by atoms with van der Waals surface area (Å²) in [6.45, 7) is 4.80. The summed E-state index contributed by atoms with van der Waals surface area (Å²) in [5.41, 5.74) is 2.14. The van der Waals surface area contributed by atoms with E-state index in [-0.39, 0.29) is 11.8 Å². The molecule has 2 fully saturated rings. The third-order valence-electron chi connectivity index (χ3n) is 6.33. The summed E-state index contributed by atoms with van der Waals surface area (Å²) in [7, 11) is 0. The number of ether oxygens (including phenoxy) is 2. The summed E-state index contributed by atoms with van der Waals surface area (Å²) in [6, 6.07) is 9.44. The molecule has 5 rings (SSSR count). The summed E-state index contributed by atoms with van der Waals surface area (Å²) in [5.74, 6) is 0.0627. The molecule has 0 aliphatic carbocycles. The van der Waals surface area contributed by atoms with Crippen LogP contribution in [0.15, 0.2) is 42.9 Å². The summed E-state index contributed by atoms with van der Waals surface area (Å²) in [5, 5.41) is 3.70. The van der Waals surface area contributed by atoms with Crippen molar-refractivity contribution in [3.05, 3.63) is 48.4 Å². The van der Waals surface area contributed by atoms with Crippen LogP contribution in [0.25, 0.3) is 11.0 Å². The number of likely N-dealkylation sites (tertiary alicyclic amines) is 1. The first kappa shape index (κ1) is 22.3. The van der Waals surface area contributed by atoms with Crippen molar-refractivity contribution in [2.45, 2.75) is 25.6 Å². The molecule has 0 bridgehead atoms. The highest BCUT2D eigenvalue weighted by molar-refractivity contribution is 5.96. The first-order valence-electron chi connectivity index (χ1n) is 11.5. The Hall–Kier alpha value is -3.50. The zero-order chi connectivity index (χ0) is 23.5. The van der Waals surface area contributed by atoms with Crippen molar-refractivity contribution >= 4 is 34.4 Å². The topological polar surface area (TPSA) is 113 Å². The van der Waals surface area contributed by atoms with Gasteiger partial charge in [-0.05, 0) is 24.3 Å². The van der Waals surface area contributed by atoms with Crippen LogP contribution >= 0.6 is 0 Å². The van der Waals surface area contributed by atoms with Gasteiger partial charge in [-0.25, -0.2) is 9.97 Å². The molecule has 34 heavy (non-hydrogen) atoms. The van der Waals surface area contributed by atoms with Gasteiger partial charge in [-0.2, -0.15) is 0 Å². The Balaban J connectivity index is 1.39. The van der Waals surface area contributed by atoms with Crippen molar-refractivity contribution in [2.24, 2.45) is 0 Å². The maximum absolute atomic E-state index is 13.3. The van der Waals surface area contributed by atoms with E-state index in [0.29, 0.717) is 63.6 Å². The SMILES string of the molecule is CC(=O)NCCN(c1cccc(C(=O)N2CCC3(CC2)OCCO3)c1)c1ncnc2[nH]ccc12. The molecule has 3 aromatic rings. The second-order valence-electron chi connectivity index (χ2n) is 8.52. The fourth-order valence-corrected chi connectivity index (χ4v) is 4.60. The number of aromatic amines is 1. The van der Waals surface area contributed by atoms with Crippen LogP contribution in [0, 0.1) is 0 Å². The van der Waals surface area contributed by atoms with Gasteiger partial charge in [0.2, 0.25) is 5.91 Å². The molecule has 2 amide bonds. The highest BCUT2D eigenvalue weighted by Gasteiger charge is 2.40. The molecule has 10 heteroatoms. The summed E-state index contributed by atoms with van der Waals surface area (Å²) in [6.07, 6.45) is 4.67. The first-order chi connectivity index (χ1) is 16.5. The van der Waals surface area contributed by atoms with E-state index in [1.807, 2.05) is 46.3 Å². The lowest BCUT2D eigenvalue weighted by Gasteiger charge is -2.37. The highest BCUT2D eigenvalue weighted by Crippen LogP contribution is 2.33. The maximum atomic E-state index is 13.3. The third kappa shape index (κ3) is 4.46. The molecule has 2 aromatic heterocycles. The first-order valence-corrected chi connectivity index (χ1v) is 11.5. The van der Waals surface area contributed by atoms with E-state index < -0.39 is 5.79 Å². The van der Waals surface area contributed by atoms with Crippen molar-refractivity contribution in [1.82, 2.24) is 25.2 Å². The number of hydrogen-bond acceptors (Lipinski definition) is 7. The standard InChI is InChI=1S/C24H28N6O4/c1-17(31)25-9-12-30(22-20-5-8-26-21(20)27-16-28-22)19-4-2-3-18(15-19)23(32)29-10-6-24(7-11-29)33-13-14-34-24/h2-5,8,15-16H,6-7,9-14H2,1H3,(H,25,31)(H,26,27,28). The number of amides is 2. The Bertz CT molecular complexity index is 1180. The second kappa shape index (κ2) is 9.40.